The maximum absolute atomic E-state index is 14.0. The van der Waals surface area contributed by atoms with E-state index in [-0.39, 0.29) is 24.1 Å². The van der Waals surface area contributed by atoms with Crippen LogP contribution in [-0.4, -0.2) is 48.9 Å². The van der Waals surface area contributed by atoms with Crippen molar-refractivity contribution in [2.24, 2.45) is 0 Å². The van der Waals surface area contributed by atoms with E-state index in [2.05, 4.69) is 4.90 Å². The highest BCUT2D eigenvalue weighted by Crippen LogP contribution is 2.32. The Morgan fingerprint density at radius 2 is 1.54 bits per heavy atom. The predicted molar refractivity (Wildman–Crippen MR) is 107 cm³/mol. The highest BCUT2D eigenvalue weighted by Gasteiger charge is 2.44. The van der Waals surface area contributed by atoms with Crippen molar-refractivity contribution in [2.45, 2.75) is 26.3 Å². The zero-order chi connectivity index (χ0) is 19.8. The molecule has 2 heterocycles. The van der Waals surface area contributed by atoms with E-state index in [4.69, 9.17) is 0 Å². The standard InChI is InChI=1S/C22H24FN3O2/c1-15-6-5-7-16(2)21(15)26-20(27)14-19(22(26)28)25-12-10-24(11-13-25)18-9-4-3-8-17(18)23/h3-9,19H,10-14H2,1-2H3/t19-/m0/s1. The van der Waals surface area contributed by atoms with Gasteiger partial charge in [0, 0.05) is 26.2 Å². The summed E-state index contributed by atoms with van der Waals surface area (Å²) >= 11 is 0. The molecule has 2 aromatic rings. The van der Waals surface area contributed by atoms with Gasteiger partial charge < -0.3 is 4.90 Å². The number of aryl methyl sites for hydroxylation is 2. The largest absolute Gasteiger partial charge is 0.367 e. The quantitative estimate of drug-likeness (QED) is 0.767. The zero-order valence-corrected chi connectivity index (χ0v) is 16.2. The molecule has 0 unspecified atom stereocenters. The molecule has 0 bridgehead atoms. The van der Waals surface area contributed by atoms with Crippen LogP contribution in [0, 0.1) is 19.7 Å². The lowest BCUT2D eigenvalue weighted by molar-refractivity contribution is -0.123. The third-order valence-corrected chi connectivity index (χ3v) is 5.73. The average molecular weight is 381 g/mol. The smallest absolute Gasteiger partial charge is 0.251 e. The molecule has 28 heavy (non-hydrogen) atoms. The molecule has 4 rings (SSSR count). The molecule has 5 nitrogen and oxygen atoms in total. The van der Waals surface area contributed by atoms with Gasteiger partial charge in [-0.2, -0.15) is 0 Å². The first-order valence-electron chi connectivity index (χ1n) is 9.64. The van der Waals surface area contributed by atoms with E-state index >= 15 is 0 Å². The molecule has 6 heteroatoms. The third-order valence-electron chi connectivity index (χ3n) is 5.73. The molecule has 2 amide bonds. The minimum atomic E-state index is -0.436. The molecular weight excluding hydrogens is 357 g/mol. The van der Waals surface area contributed by atoms with Gasteiger partial charge >= 0.3 is 0 Å². The maximum Gasteiger partial charge on any atom is 0.251 e. The van der Waals surface area contributed by atoms with Gasteiger partial charge in [0.15, 0.2) is 0 Å². The lowest BCUT2D eigenvalue weighted by Gasteiger charge is -2.38. The molecule has 146 valence electrons. The highest BCUT2D eigenvalue weighted by molar-refractivity contribution is 6.23. The molecule has 1 atom stereocenters. The van der Waals surface area contributed by atoms with Gasteiger partial charge in [0.2, 0.25) is 5.91 Å². The van der Waals surface area contributed by atoms with Crippen LogP contribution in [0.5, 0.6) is 0 Å². The molecule has 0 spiro atoms. The first-order valence-corrected chi connectivity index (χ1v) is 9.64. The van der Waals surface area contributed by atoms with Crippen molar-refractivity contribution in [3.05, 3.63) is 59.4 Å². The summed E-state index contributed by atoms with van der Waals surface area (Å²) in [5.74, 6) is -0.532. The van der Waals surface area contributed by atoms with Gasteiger partial charge in [-0.05, 0) is 37.1 Å². The second-order valence-corrected chi connectivity index (χ2v) is 7.50. The Labute approximate surface area is 164 Å². The number of anilines is 2. The number of hydrogen-bond donors (Lipinski definition) is 0. The minimum Gasteiger partial charge on any atom is -0.367 e. The summed E-state index contributed by atoms with van der Waals surface area (Å²) in [5.41, 5.74) is 3.15. The Morgan fingerprint density at radius 3 is 2.18 bits per heavy atom. The van der Waals surface area contributed by atoms with Crippen molar-refractivity contribution < 1.29 is 14.0 Å². The fourth-order valence-electron chi connectivity index (χ4n) is 4.28. The van der Waals surface area contributed by atoms with Crippen molar-refractivity contribution >= 4 is 23.2 Å². The van der Waals surface area contributed by atoms with Crippen LogP contribution in [0.25, 0.3) is 0 Å². The van der Waals surface area contributed by atoms with Crippen LogP contribution < -0.4 is 9.80 Å². The van der Waals surface area contributed by atoms with E-state index in [0.717, 1.165) is 11.1 Å². The van der Waals surface area contributed by atoms with Crippen LogP contribution in [0.4, 0.5) is 15.8 Å². The van der Waals surface area contributed by atoms with E-state index in [9.17, 15) is 14.0 Å². The first kappa shape index (κ1) is 18.6. The summed E-state index contributed by atoms with van der Waals surface area (Å²) < 4.78 is 14.0. The van der Waals surface area contributed by atoms with E-state index in [1.165, 1.54) is 11.0 Å². The van der Waals surface area contributed by atoms with Gasteiger partial charge in [0.25, 0.3) is 5.91 Å². The predicted octanol–water partition coefficient (Wildman–Crippen LogP) is 2.90. The van der Waals surface area contributed by atoms with Gasteiger partial charge in [0.05, 0.1) is 23.8 Å². The normalized spacial score (nSPS) is 20.9. The maximum atomic E-state index is 14.0. The molecule has 2 aliphatic heterocycles. The number of amides is 2. The molecule has 2 fully saturated rings. The van der Waals surface area contributed by atoms with E-state index in [1.807, 2.05) is 43.0 Å². The van der Waals surface area contributed by atoms with Gasteiger partial charge in [-0.3, -0.25) is 14.5 Å². The molecule has 2 aromatic carbocycles. The lowest BCUT2D eigenvalue weighted by atomic mass is 10.1. The molecule has 0 saturated carbocycles. The number of halogens is 1. The summed E-state index contributed by atoms with van der Waals surface area (Å²) in [6.45, 7) is 6.34. The number of para-hydroxylation sites is 2. The second kappa shape index (κ2) is 7.36. The zero-order valence-electron chi connectivity index (χ0n) is 16.2. The molecule has 0 aromatic heterocycles. The molecule has 2 saturated heterocycles. The summed E-state index contributed by atoms with van der Waals surface area (Å²) in [5, 5.41) is 0. The summed E-state index contributed by atoms with van der Waals surface area (Å²) in [7, 11) is 0. The number of imide groups is 1. The van der Waals surface area contributed by atoms with Crippen molar-refractivity contribution in [1.29, 1.82) is 0 Å². The molecule has 0 N–H and O–H groups in total. The summed E-state index contributed by atoms with van der Waals surface area (Å²) in [6, 6.07) is 12.1. The Bertz CT molecular complexity index is 901. The van der Waals surface area contributed by atoms with E-state index in [0.29, 0.717) is 37.6 Å². The number of benzene rings is 2. The highest BCUT2D eigenvalue weighted by atomic mass is 19.1. The topological polar surface area (TPSA) is 43.9 Å². The molecule has 0 aliphatic carbocycles. The molecule has 0 radical (unpaired) electrons. The van der Waals surface area contributed by atoms with Crippen LogP contribution in [0.3, 0.4) is 0 Å². The number of hydrogen-bond acceptors (Lipinski definition) is 4. The second-order valence-electron chi connectivity index (χ2n) is 7.50. The number of piperazine rings is 1. The summed E-state index contributed by atoms with van der Waals surface area (Å²) in [6.07, 6.45) is 0.201. The van der Waals surface area contributed by atoms with Crippen LogP contribution in [-0.2, 0) is 9.59 Å². The van der Waals surface area contributed by atoms with Gasteiger partial charge in [-0.1, -0.05) is 30.3 Å². The van der Waals surface area contributed by atoms with Gasteiger partial charge in [-0.25, -0.2) is 9.29 Å². The number of rotatable bonds is 3. The summed E-state index contributed by atoms with van der Waals surface area (Å²) in [4.78, 5) is 31.2. The van der Waals surface area contributed by atoms with Crippen LogP contribution in [0.15, 0.2) is 42.5 Å². The minimum absolute atomic E-state index is 0.149. The lowest BCUT2D eigenvalue weighted by Crippen LogP contribution is -2.52. The first-order chi connectivity index (χ1) is 13.5. The van der Waals surface area contributed by atoms with Crippen molar-refractivity contribution in [3.8, 4) is 0 Å². The number of carbonyl (C=O) groups is 2. The van der Waals surface area contributed by atoms with Crippen molar-refractivity contribution in [2.75, 3.05) is 36.0 Å². The Hall–Kier alpha value is -2.73. The Kier molecular flexibility index (Phi) is 4.89. The molecule has 2 aliphatic rings. The van der Waals surface area contributed by atoms with E-state index < -0.39 is 6.04 Å². The number of carbonyl (C=O) groups excluding carboxylic acids is 2. The third kappa shape index (κ3) is 3.18. The van der Waals surface area contributed by atoms with Crippen LogP contribution in [0.1, 0.15) is 17.5 Å². The average Bonchev–Trinajstić information content (AvgIpc) is 2.97. The number of nitrogens with zero attached hydrogens (tertiary/aromatic N) is 3. The molecular formula is C22H24FN3O2. The SMILES string of the molecule is Cc1cccc(C)c1N1C(=O)C[C@H](N2CCN(c3ccccc3F)CC2)C1=O. The van der Waals surface area contributed by atoms with Crippen LogP contribution >= 0.6 is 0 Å². The Morgan fingerprint density at radius 1 is 0.893 bits per heavy atom. The van der Waals surface area contributed by atoms with Crippen LogP contribution in [0.2, 0.25) is 0 Å². The van der Waals surface area contributed by atoms with Gasteiger partial charge in [-0.15, -0.1) is 0 Å². The Balaban J connectivity index is 1.49. The van der Waals surface area contributed by atoms with Crippen molar-refractivity contribution in [3.63, 3.8) is 0 Å². The van der Waals surface area contributed by atoms with Gasteiger partial charge in [0.1, 0.15) is 5.82 Å². The van der Waals surface area contributed by atoms with E-state index in [1.54, 1.807) is 12.1 Å². The monoisotopic (exact) mass is 381 g/mol. The fourth-order valence-corrected chi connectivity index (χ4v) is 4.28. The fraction of sp³-hybridized carbons (Fsp3) is 0.364. The van der Waals surface area contributed by atoms with Crippen molar-refractivity contribution in [1.82, 2.24) is 4.90 Å².